The van der Waals surface area contributed by atoms with Crippen LogP contribution in [0.5, 0.6) is 0 Å². The van der Waals surface area contributed by atoms with Crippen molar-refractivity contribution in [2.24, 2.45) is 7.05 Å². The summed E-state index contributed by atoms with van der Waals surface area (Å²) in [6.07, 6.45) is 5.27. The fourth-order valence-corrected chi connectivity index (χ4v) is 3.85. The second-order valence-electron chi connectivity index (χ2n) is 7.10. The van der Waals surface area contributed by atoms with Crippen LogP contribution < -0.4 is 10.6 Å². The zero-order valence-electron chi connectivity index (χ0n) is 17.1. The Morgan fingerprint density at radius 1 is 1.10 bits per heavy atom. The van der Waals surface area contributed by atoms with Crippen molar-refractivity contribution in [1.82, 2.24) is 19.9 Å². The second kappa shape index (κ2) is 8.93. The minimum Gasteiger partial charge on any atom is -0.356 e. The maximum Gasteiger partial charge on any atom is 0.253 e. The van der Waals surface area contributed by atoms with Gasteiger partial charge in [0.2, 0.25) is 5.91 Å². The number of aryl methyl sites for hydroxylation is 2. The summed E-state index contributed by atoms with van der Waals surface area (Å²) in [5, 5.41) is 7.73. The molecule has 2 N–H and O–H groups in total. The van der Waals surface area contributed by atoms with Gasteiger partial charge in [0.15, 0.2) is 5.13 Å². The first-order chi connectivity index (χ1) is 15.0. The highest BCUT2D eigenvalue weighted by Crippen LogP contribution is 2.29. The van der Waals surface area contributed by atoms with Gasteiger partial charge < -0.3 is 15.2 Å². The Morgan fingerprint density at radius 2 is 1.90 bits per heavy atom. The molecule has 4 rings (SSSR count). The molecule has 0 aliphatic heterocycles. The van der Waals surface area contributed by atoms with E-state index in [4.69, 9.17) is 0 Å². The van der Waals surface area contributed by atoms with E-state index in [0.717, 1.165) is 28.1 Å². The number of amides is 2. The molecule has 0 unspecified atom stereocenters. The number of pyridine rings is 1. The quantitative estimate of drug-likeness (QED) is 0.485. The van der Waals surface area contributed by atoms with Crippen LogP contribution in [-0.2, 0) is 11.8 Å². The fourth-order valence-electron chi connectivity index (χ4n) is 3.11. The Labute approximate surface area is 183 Å². The van der Waals surface area contributed by atoms with Gasteiger partial charge >= 0.3 is 0 Å². The van der Waals surface area contributed by atoms with E-state index in [0.29, 0.717) is 10.7 Å². The van der Waals surface area contributed by atoms with Gasteiger partial charge in [-0.2, -0.15) is 0 Å². The number of carbonyl (C=O) groups is 2. The number of hydrogen-bond acceptors (Lipinski definition) is 5. The molecular weight excluding hydrogens is 410 g/mol. The summed E-state index contributed by atoms with van der Waals surface area (Å²) in [6.45, 7) is 1.84. The Hall–Kier alpha value is -3.78. The molecule has 0 bridgehead atoms. The molecule has 0 spiro atoms. The molecule has 0 saturated carbocycles. The van der Waals surface area contributed by atoms with E-state index < -0.39 is 0 Å². The molecule has 3 heterocycles. The summed E-state index contributed by atoms with van der Waals surface area (Å²) in [7, 11) is 1.83. The number of carbonyl (C=O) groups excluding carboxylic acids is 2. The van der Waals surface area contributed by atoms with Crippen LogP contribution in [0, 0.1) is 6.92 Å². The van der Waals surface area contributed by atoms with Gasteiger partial charge in [0.1, 0.15) is 0 Å². The molecule has 0 atom stereocenters. The smallest absolute Gasteiger partial charge is 0.253 e. The van der Waals surface area contributed by atoms with Crippen molar-refractivity contribution in [1.29, 1.82) is 0 Å². The van der Waals surface area contributed by atoms with E-state index in [2.05, 4.69) is 26.7 Å². The van der Waals surface area contributed by atoms with Crippen molar-refractivity contribution < 1.29 is 9.59 Å². The van der Waals surface area contributed by atoms with Crippen molar-refractivity contribution in [2.75, 3.05) is 11.9 Å². The summed E-state index contributed by atoms with van der Waals surface area (Å²) in [5.74, 6) is -0.620. The van der Waals surface area contributed by atoms with E-state index in [-0.39, 0.29) is 18.4 Å². The van der Waals surface area contributed by atoms with Crippen molar-refractivity contribution in [2.45, 2.75) is 6.92 Å². The van der Waals surface area contributed by atoms with E-state index >= 15 is 0 Å². The van der Waals surface area contributed by atoms with Crippen molar-refractivity contribution in [3.63, 3.8) is 0 Å². The van der Waals surface area contributed by atoms with Crippen LogP contribution in [0.4, 0.5) is 5.13 Å². The van der Waals surface area contributed by atoms with Gasteiger partial charge in [-0.3, -0.25) is 14.6 Å². The second-order valence-corrected chi connectivity index (χ2v) is 7.96. The monoisotopic (exact) mass is 431 g/mol. The molecule has 31 heavy (non-hydrogen) atoms. The molecule has 0 aliphatic carbocycles. The van der Waals surface area contributed by atoms with E-state index in [1.165, 1.54) is 11.3 Å². The molecule has 0 aliphatic rings. The van der Waals surface area contributed by atoms with E-state index in [1.807, 2.05) is 49.7 Å². The minimum absolute atomic E-state index is 0.125. The third-order valence-electron chi connectivity index (χ3n) is 4.64. The van der Waals surface area contributed by atoms with Crippen molar-refractivity contribution in [3.8, 4) is 22.4 Å². The lowest BCUT2D eigenvalue weighted by atomic mass is 10.0. The molecule has 7 nitrogen and oxygen atoms in total. The highest BCUT2D eigenvalue weighted by atomic mass is 32.1. The first-order valence-corrected chi connectivity index (χ1v) is 10.5. The molecule has 0 fully saturated rings. The van der Waals surface area contributed by atoms with Gasteiger partial charge in [-0.15, -0.1) is 11.3 Å². The molecule has 2 amide bonds. The zero-order chi connectivity index (χ0) is 21.8. The Kier molecular flexibility index (Phi) is 5.90. The predicted molar refractivity (Wildman–Crippen MR) is 122 cm³/mol. The fraction of sp³-hybridized carbons (Fsp3) is 0.130. The number of anilines is 1. The van der Waals surface area contributed by atoms with Crippen LogP contribution >= 0.6 is 11.3 Å². The summed E-state index contributed by atoms with van der Waals surface area (Å²) in [4.78, 5) is 33.0. The van der Waals surface area contributed by atoms with Gasteiger partial charge in [-0.25, -0.2) is 4.98 Å². The SMILES string of the molecule is Cc1cc(-c2cccc(-c3csc(NC(=O)CNC(=O)c4ccn(C)c4)n3)c2)ccn1. The summed E-state index contributed by atoms with van der Waals surface area (Å²) in [5.41, 5.74) is 5.37. The molecule has 0 radical (unpaired) electrons. The number of thiazole rings is 1. The third-order valence-corrected chi connectivity index (χ3v) is 5.40. The summed E-state index contributed by atoms with van der Waals surface area (Å²) in [6, 6.07) is 13.8. The molecule has 8 heteroatoms. The lowest BCUT2D eigenvalue weighted by Gasteiger charge is -2.05. The molecule has 1 aromatic carbocycles. The van der Waals surface area contributed by atoms with Crippen LogP contribution in [0.1, 0.15) is 16.1 Å². The van der Waals surface area contributed by atoms with Crippen LogP contribution in [0.15, 0.2) is 66.4 Å². The van der Waals surface area contributed by atoms with E-state index in [1.54, 1.807) is 29.2 Å². The number of nitrogens with zero attached hydrogens (tertiary/aromatic N) is 3. The molecule has 156 valence electrons. The van der Waals surface area contributed by atoms with Gasteiger partial charge in [-0.1, -0.05) is 18.2 Å². The molecule has 3 aromatic heterocycles. The standard InChI is InChI=1S/C23H21N5O2S/c1-15-10-17(6-8-24-15)16-4-3-5-18(11-16)20-14-31-23(26-20)27-21(29)12-25-22(30)19-7-9-28(2)13-19/h3-11,13-14H,12H2,1-2H3,(H,25,30)(H,26,27,29). The molecule has 4 aromatic rings. The minimum atomic E-state index is -0.328. The summed E-state index contributed by atoms with van der Waals surface area (Å²) < 4.78 is 1.77. The highest BCUT2D eigenvalue weighted by molar-refractivity contribution is 7.14. The van der Waals surface area contributed by atoms with Crippen LogP contribution in [0.3, 0.4) is 0 Å². The van der Waals surface area contributed by atoms with E-state index in [9.17, 15) is 9.59 Å². The normalized spacial score (nSPS) is 10.6. The maximum atomic E-state index is 12.2. The topological polar surface area (TPSA) is 88.9 Å². The number of benzene rings is 1. The maximum absolute atomic E-state index is 12.2. The third kappa shape index (κ3) is 5.04. The lowest BCUT2D eigenvalue weighted by Crippen LogP contribution is -2.32. The number of rotatable bonds is 6. The number of aromatic nitrogens is 3. The van der Waals surface area contributed by atoms with Crippen LogP contribution in [0.2, 0.25) is 0 Å². The van der Waals surface area contributed by atoms with Gasteiger partial charge in [-0.05, 0) is 42.3 Å². The van der Waals surface area contributed by atoms with Gasteiger partial charge in [0.05, 0.1) is 17.8 Å². The van der Waals surface area contributed by atoms with Gasteiger partial charge in [0.25, 0.3) is 5.91 Å². The van der Waals surface area contributed by atoms with Crippen LogP contribution in [-0.4, -0.2) is 32.9 Å². The molecule has 0 saturated heterocycles. The Balaban J connectivity index is 1.39. The van der Waals surface area contributed by atoms with Crippen LogP contribution in [0.25, 0.3) is 22.4 Å². The average molecular weight is 432 g/mol. The Morgan fingerprint density at radius 3 is 2.68 bits per heavy atom. The predicted octanol–water partition coefficient (Wildman–Crippen LogP) is 3.89. The van der Waals surface area contributed by atoms with Gasteiger partial charge in [0, 0.05) is 42.3 Å². The average Bonchev–Trinajstić information content (AvgIpc) is 3.41. The number of hydrogen-bond donors (Lipinski definition) is 2. The largest absolute Gasteiger partial charge is 0.356 e. The first-order valence-electron chi connectivity index (χ1n) is 9.67. The summed E-state index contributed by atoms with van der Waals surface area (Å²) >= 11 is 1.34. The Bertz CT molecular complexity index is 1240. The molecular formula is C23H21N5O2S. The van der Waals surface area contributed by atoms with Crippen molar-refractivity contribution >= 4 is 28.3 Å². The zero-order valence-corrected chi connectivity index (χ0v) is 17.9. The lowest BCUT2D eigenvalue weighted by molar-refractivity contribution is -0.115. The van der Waals surface area contributed by atoms with Crippen molar-refractivity contribution in [3.05, 3.63) is 77.7 Å². The number of nitrogens with one attached hydrogen (secondary N) is 2. The first kappa shape index (κ1) is 20.5. The highest BCUT2D eigenvalue weighted by Gasteiger charge is 2.12.